The van der Waals surface area contributed by atoms with Gasteiger partial charge in [0.15, 0.2) is 0 Å². The van der Waals surface area contributed by atoms with Gasteiger partial charge in [-0.05, 0) is 62.2 Å². The van der Waals surface area contributed by atoms with E-state index in [1.165, 1.54) is 17.0 Å². The number of pyridine rings is 1. The summed E-state index contributed by atoms with van der Waals surface area (Å²) >= 11 is 0. The van der Waals surface area contributed by atoms with Crippen LogP contribution in [0.4, 0.5) is 35.0 Å². The lowest BCUT2D eigenvalue weighted by atomic mass is 10.0. The molecule has 0 aliphatic carbocycles. The summed E-state index contributed by atoms with van der Waals surface area (Å²) in [6.07, 6.45) is -1.46. The Hall–Kier alpha value is -4.39. The maximum Gasteiger partial charge on any atom is 0.417 e. The zero-order valence-corrected chi connectivity index (χ0v) is 19.7. The number of aromatic nitrogens is 1. The van der Waals surface area contributed by atoms with Gasteiger partial charge in [-0.2, -0.15) is 18.4 Å². The number of nitrogens with one attached hydrogen (secondary N) is 1. The monoisotopic (exact) mass is 493 g/mol. The van der Waals surface area contributed by atoms with Gasteiger partial charge in [0, 0.05) is 23.8 Å². The Morgan fingerprint density at radius 1 is 1.08 bits per heavy atom. The van der Waals surface area contributed by atoms with Crippen LogP contribution in [0.1, 0.15) is 36.1 Å². The maximum absolute atomic E-state index is 13.5. The third-order valence-electron chi connectivity index (χ3n) is 6.15. The minimum absolute atomic E-state index is 0.0315. The predicted molar refractivity (Wildman–Crippen MR) is 127 cm³/mol. The number of alkyl halides is 3. The third-order valence-corrected chi connectivity index (χ3v) is 6.15. The second kappa shape index (κ2) is 9.00. The number of urea groups is 1. The molecule has 1 aromatic heterocycles. The molecule has 0 unspecified atom stereocenters. The highest BCUT2D eigenvalue weighted by Crippen LogP contribution is 2.38. The van der Waals surface area contributed by atoms with E-state index in [0.29, 0.717) is 17.3 Å². The molecule has 2 aromatic carbocycles. The van der Waals surface area contributed by atoms with E-state index in [2.05, 4.69) is 10.3 Å². The number of carbonyl (C=O) groups excluding carboxylic acids is 2. The summed E-state index contributed by atoms with van der Waals surface area (Å²) in [5.41, 5.74) is -0.227. The lowest BCUT2D eigenvalue weighted by Crippen LogP contribution is -2.43. The maximum atomic E-state index is 13.5. The Morgan fingerprint density at radius 2 is 1.81 bits per heavy atom. The molecule has 0 atom stereocenters. The van der Waals surface area contributed by atoms with Gasteiger partial charge in [0.2, 0.25) is 0 Å². The SMILES string of the molecule is Cc1cnccc1Nc1ccccc1CN1C(=O)N(c2ccc(C#N)c(C(F)(F)F)c2)C(=O)C1(C)C. The van der Waals surface area contributed by atoms with Gasteiger partial charge >= 0.3 is 12.2 Å². The largest absolute Gasteiger partial charge is 0.417 e. The summed E-state index contributed by atoms with van der Waals surface area (Å²) in [5.74, 6) is -0.666. The number of hydrogen-bond donors (Lipinski definition) is 1. The molecule has 1 aliphatic heterocycles. The number of nitrogens with zero attached hydrogens (tertiary/aromatic N) is 4. The summed E-state index contributed by atoms with van der Waals surface area (Å²) in [4.78, 5) is 32.8. The highest BCUT2D eigenvalue weighted by atomic mass is 19.4. The van der Waals surface area contributed by atoms with Crippen molar-refractivity contribution in [2.45, 2.75) is 39.0 Å². The second-order valence-electron chi connectivity index (χ2n) is 8.88. The topological polar surface area (TPSA) is 89.3 Å². The Labute approximate surface area is 205 Å². The van der Waals surface area contributed by atoms with Crippen molar-refractivity contribution >= 4 is 29.0 Å². The van der Waals surface area contributed by atoms with E-state index in [0.717, 1.165) is 22.2 Å². The predicted octanol–water partition coefficient (Wildman–Crippen LogP) is 5.77. The molecular formula is C26H22F3N5O2. The van der Waals surface area contributed by atoms with Gasteiger partial charge in [0.05, 0.1) is 29.4 Å². The van der Waals surface area contributed by atoms with Crippen LogP contribution >= 0.6 is 0 Å². The van der Waals surface area contributed by atoms with E-state index >= 15 is 0 Å². The molecular weight excluding hydrogens is 471 g/mol. The van der Waals surface area contributed by atoms with Gasteiger partial charge in [-0.3, -0.25) is 9.78 Å². The Kier molecular flexibility index (Phi) is 6.18. The molecule has 1 fully saturated rings. The van der Waals surface area contributed by atoms with Crippen molar-refractivity contribution < 1.29 is 22.8 Å². The van der Waals surface area contributed by atoms with Crippen molar-refractivity contribution in [3.05, 3.63) is 83.2 Å². The average Bonchev–Trinajstić information content (AvgIpc) is 3.00. The summed E-state index contributed by atoms with van der Waals surface area (Å²) < 4.78 is 40.5. The van der Waals surface area contributed by atoms with Crippen LogP contribution in [0.15, 0.2) is 60.9 Å². The van der Waals surface area contributed by atoms with Gasteiger partial charge in [-0.25, -0.2) is 9.69 Å². The number of para-hydroxylation sites is 1. The number of imide groups is 1. The number of hydrogen-bond acceptors (Lipinski definition) is 5. The van der Waals surface area contributed by atoms with Crippen LogP contribution in [-0.2, 0) is 17.5 Å². The van der Waals surface area contributed by atoms with E-state index in [-0.39, 0.29) is 12.2 Å². The average molecular weight is 493 g/mol. The fourth-order valence-electron chi connectivity index (χ4n) is 4.04. The molecule has 0 saturated carbocycles. The molecule has 1 saturated heterocycles. The van der Waals surface area contributed by atoms with E-state index in [9.17, 15) is 22.8 Å². The highest BCUT2D eigenvalue weighted by molar-refractivity contribution is 6.23. The first-order chi connectivity index (χ1) is 16.9. The van der Waals surface area contributed by atoms with E-state index in [1.54, 1.807) is 38.4 Å². The second-order valence-corrected chi connectivity index (χ2v) is 8.88. The Balaban J connectivity index is 1.69. The van der Waals surface area contributed by atoms with Crippen LogP contribution in [0.25, 0.3) is 0 Å². The van der Waals surface area contributed by atoms with Crippen LogP contribution in [-0.4, -0.2) is 27.4 Å². The summed E-state index contributed by atoms with van der Waals surface area (Å²) in [5, 5.41) is 12.4. The molecule has 184 valence electrons. The molecule has 2 heterocycles. The first kappa shape index (κ1) is 24.7. The lowest BCUT2D eigenvalue weighted by Gasteiger charge is -2.28. The molecule has 0 spiro atoms. The Morgan fingerprint density at radius 3 is 2.47 bits per heavy atom. The summed E-state index contributed by atoms with van der Waals surface area (Å²) in [6.45, 7) is 5.02. The van der Waals surface area contributed by atoms with Crippen LogP contribution in [0.2, 0.25) is 0 Å². The molecule has 1 N–H and O–H groups in total. The van der Waals surface area contributed by atoms with Gasteiger partial charge < -0.3 is 10.2 Å². The van der Waals surface area contributed by atoms with E-state index in [1.807, 2.05) is 25.1 Å². The molecule has 0 radical (unpaired) electrons. The molecule has 7 nitrogen and oxygen atoms in total. The number of amides is 3. The van der Waals surface area contributed by atoms with Crippen molar-refractivity contribution in [1.82, 2.24) is 9.88 Å². The van der Waals surface area contributed by atoms with Crippen LogP contribution in [0.5, 0.6) is 0 Å². The van der Waals surface area contributed by atoms with Crippen LogP contribution in [0, 0.1) is 18.3 Å². The normalized spacial score (nSPS) is 15.2. The van der Waals surface area contributed by atoms with Crippen molar-refractivity contribution in [2.24, 2.45) is 0 Å². The summed E-state index contributed by atoms with van der Waals surface area (Å²) in [7, 11) is 0. The molecule has 0 bridgehead atoms. The van der Waals surface area contributed by atoms with E-state index < -0.39 is 34.8 Å². The van der Waals surface area contributed by atoms with Crippen LogP contribution in [0.3, 0.4) is 0 Å². The zero-order valence-electron chi connectivity index (χ0n) is 19.7. The van der Waals surface area contributed by atoms with Gasteiger partial charge in [-0.1, -0.05) is 18.2 Å². The molecule has 4 rings (SSSR count). The van der Waals surface area contributed by atoms with Gasteiger partial charge in [0.25, 0.3) is 5.91 Å². The lowest BCUT2D eigenvalue weighted by molar-refractivity contribution is -0.137. The molecule has 36 heavy (non-hydrogen) atoms. The molecule has 3 aromatic rings. The number of carbonyl (C=O) groups is 2. The number of halogens is 3. The van der Waals surface area contributed by atoms with Crippen molar-refractivity contribution in [1.29, 1.82) is 5.26 Å². The smallest absolute Gasteiger partial charge is 0.355 e. The minimum Gasteiger partial charge on any atom is -0.355 e. The fourth-order valence-corrected chi connectivity index (χ4v) is 4.04. The zero-order chi connectivity index (χ0) is 26.3. The number of aryl methyl sites for hydroxylation is 1. The molecule has 10 heteroatoms. The van der Waals surface area contributed by atoms with Crippen LogP contribution < -0.4 is 10.2 Å². The molecule has 1 aliphatic rings. The van der Waals surface area contributed by atoms with Gasteiger partial charge in [-0.15, -0.1) is 0 Å². The van der Waals surface area contributed by atoms with Crippen molar-refractivity contribution in [3.8, 4) is 6.07 Å². The highest BCUT2D eigenvalue weighted by Gasteiger charge is 2.52. The fraction of sp³-hybridized carbons (Fsp3) is 0.231. The minimum atomic E-state index is -4.82. The number of rotatable bonds is 5. The third kappa shape index (κ3) is 4.35. The first-order valence-corrected chi connectivity index (χ1v) is 11.0. The van der Waals surface area contributed by atoms with Crippen molar-refractivity contribution in [3.63, 3.8) is 0 Å². The standard InChI is InChI=1S/C26H22F3N5O2/c1-16-14-31-11-10-21(16)32-22-7-5-4-6-18(22)15-33-24(36)34(23(35)25(33,2)3)19-9-8-17(13-30)20(12-19)26(27,28)29/h4-12,14H,15H2,1-3H3,(H,31,32). The van der Waals surface area contributed by atoms with E-state index in [4.69, 9.17) is 5.26 Å². The summed E-state index contributed by atoms with van der Waals surface area (Å²) in [6, 6.07) is 12.6. The Bertz CT molecular complexity index is 1390. The van der Waals surface area contributed by atoms with Crippen molar-refractivity contribution in [2.75, 3.05) is 10.2 Å². The quantitative estimate of drug-likeness (QED) is 0.456. The number of nitriles is 1. The number of anilines is 3. The number of benzene rings is 2. The van der Waals surface area contributed by atoms with Gasteiger partial charge in [0.1, 0.15) is 5.54 Å². The first-order valence-electron chi connectivity index (χ1n) is 11.0. The molecule has 3 amide bonds.